The van der Waals surface area contributed by atoms with Crippen molar-refractivity contribution < 1.29 is 14.3 Å². The van der Waals surface area contributed by atoms with E-state index in [1.54, 1.807) is 35.0 Å². The average Bonchev–Trinajstić information content (AvgIpc) is 3.19. The minimum absolute atomic E-state index is 0.0658. The predicted octanol–water partition coefficient (Wildman–Crippen LogP) is 4.70. The van der Waals surface area contributed by atoms with Crippen molar-refractivity contribution in [2.45, 2.75) is 19.4 Å². The van der Waals surface area contributed by atoms with E-state index in [1.807, 2.05) is 19.1 Å². The molecule has 2 heterocycles. The number of rotatable bonds is 5. The van der Waals surface area contributed by atoms with Crippen LogP contribution in [0.1, 0.15) is 18.0 Å². The van der Waals surface area contributed by atoms with Crippen molar-refractivity contribution in [3.05, 3.63) is 58.1 Å². The molecule has 0 spiro atoms. The molecule has 7 nitrogen and oxygen atoms in total. The first kappa shape index (κ1) is 20.3. The lowest BCUT2D eigenvalue weighted by Gasteiger charge is -2.11. The summed E-state index contributed by atoms with van der Waals surface area (Å²) in [6, 6.07) is 11.5. The zero-order chi connectivity index (χ0) is 21.4. The number of nitrogens with zero attached hydrogens (tertiary/aromatic N) is 2. The standard InChI is InChI=1S/C21H18Cl2N4O3/c1-11-19(12-3-5-13(22)6-4-12)26-27-16(21(29)25-20(11)27)10-18(28)24-14-7-8-17(30-2)15(23)9-14/h3-9,16H,10H2,1-2H3,(H,24,28)(H,25,29)/t16-/m0/s1. The molecule has 0 saturated carbocycles. The molecule has 0 bridgehead atoms. The van der Waals surface area contributed by atoms with Crippen molar-refractivity contribution >= 4 is 46.5 Å². The molecule has 1 aromatic heterocycles. The zero-order valence-corrected chi connectivity index (χ0v) is 17.7. The summed E-state index contributed by atoms with van der Waals surface area (Å²) in [5, 5.41) is 11.2. The summed E-state index contributed by atoms with van der Waals surface area (Å²) in [5.41, 5.74) is 2.96. The highest BCUT2D eigenvalue weighted by molar-refractivity contribution is 6.32. The number of hydrogen-bond acceptors (Lipinski definition) is 4. The number of benzene rings is 2. The van der Waals surface area contributed by atoms with Gasteiger partial charge in [0.1, 0.15) is 17.6 Å². The van der Waals surface area contributed by atoms with Crippen LogP contribution in [0.4, 0.5) is 11.5 Å². The average molecular weight is 445 g/mol. The molecule has 4 rings (SSSR count). The molecule has 1 aliphatic heterocycles. The Morgan fingerprint density at radius 2 is 1.97 bits per heavy atom. The first-order chi connectivity index (χ1) is 14.4. The van der Waals surface area contributed by atoms with E-state index in [4.69, 9.17) is 27.9 Å². The first-order valence-electron chi connectivity index (χ1n) is 9.16. The van der Waals surface area contributed by atoms with E-state index in [9.17, 15) is 9.59 Å². The lowest BCUT2D eigenvalue weighted by molar-refractivity contribution is -0.123. The Morgan fingerprint density at radius 1 is 1.23 bits per heavy atom. The van der Waals surface area contributed by atoms with Gasteiger partial charge in [0.15, 0.2) is 0 Å². The van der Waals surface area contributed by atoms with Crippen LogP contribution in [0.3, 0.4) is 0 Å². The molecule has 2 N–H and O–H groups in total. The van der Waals surface area contributed by atoms with Crippen LogP contribution >= 0.6 is 23.2 Å². The van der Waals surface area contributed by atoms with Crippen molar-refractivity contribution in [3.8, 4) is 17.0 Å². The second-order valence-corrected chi connectivity index (χ2v) is 7.72. The lowest BCUT2D eigenvalue weighted by atomic mass is 10.1. The third-order valence-corrected chi connectivity index (χ3v) is 5.47. The Labute approximate surface area is 182 Å². The Hall–Kier alpha value is -3.03. The van der Waals surface area contributed by atoms with Crippen LogP contribution < -0.4 is 15.4 Å². The van der Waals surface area contributed by atoms with Gasteiger partial charge in [-0.3, -0.25) is 9.59 Å². The van der Waals surface area contributed by atoms with Crippen LogP contribution in [-0.2, 0) is 9.59 Å². The number of aromatic nitrogens is 2. The largest absolute Gasteiger partial charge is 0.495 e. The number of amides is 2. The molecular weight excluding hydrogens is 427 g/mol. The van der Waals surface area contributed by atoms with Gasteiger partial charge in [0.25, 0.3) is 5.91 Å². The quantitative estimate of drug-likeness (QED) is 0.597. The van der Waals surface area contributed by atoms with Crippen LogP contribution in [0.5, 0.6) is 5.75 Å². The molecule has 30 heavy (non-hydrogen) atoms. The highest BCUT2D eigenvalue weighted by atomic mass is 35.5. The maximum Gasteiger partial charge on any atom is 0.251 e. The summed E-state index contributed by atoms with van der Waals surface area (Å²) in [6.45, 7) is 1.88. The normalized spacial score (nSPS) is 14.9. The lowest BCUT2D eigenvalue weighted by Crippen LogP contribution is -2.23. The molecule has 154 valence electrons. The van der Waals surface area contributed by atoms with Gasteiger partial charge < -0.3 is 15.4 Å². The molecule has 0 saturated heterocycles. The van der Waals surface area contributed by atoms with E-state index >= 15 is 0 Å². The monoisotopic (exact) mass is 444 g/mol. The van der Waals surface area contributed by atoms with Crippen LogP contribution in [-0.4, -0.2) is 28.7 Å². The van der Waals surface area contributed by atoms with Crippen molar-refractivity contribution in [1.82, 2.24) is 9.78 Å². The van der Waals surface area contributed by atoms with E-state index in [-0.39, 0.29) is 18.2 Å². The van der Waals surface area contributed by atoms with Gasteiger partial charge in [0, 0.05) is 21.8 Å². The number of nitrogens with one attached hydrogen (secondary N) is 2. The van der Waals surface area contributed by atoms with Gasteiger partial charge in [0.2, 0.25) is 5.91 Å². The van der Waals surface area contributed by atoms with E-state index in [0.717, 1.165) is 16.8 Å². The fraction of sp³-hybridized carbons (Fsp3) is 0.190. The summed E-state index contributed by atoms with van der Waals surface area (Å²) >= 11 is 12.1. The van der Waals surface area contributed by atoms with Gasteiger partial charge >= 0.3 is 0 Å². The van der Waals surface area contributed by atoms with Crippen molar-refractivity contribution in [2.24, 2.45) is 0 Å². The van der Waals surface area contributed by atoms with Crippen LogP contribution in [0.25, 0.3) is 11.3 Å². The number of fused-ring (bicyclic) bond motifs is 1. The third kappa shape index (κ3) is 3.74. The SMILES string of the molecule is COc1ccc(NC(=O)C[C@H]2C(=O)Nc3c(C)c(-c4ccc(Cl)cc4)nn32)cc1Cl. The molecule has 0 aliphatic carbocycles. The Kier molecular flexibility index (Phi) is 5.40. The topological polar surface area (TPSA) is 85.2 Å². The molecule has 1 aliphatic rings. The number of methoxy groups -OCH3 is 1. The smallest absolute Gasteiger partial charge is 0.251 e. The van der Waals surface area contributed by atoms with E-state index in [1.165, 1.54) is 7.11 Å². The molecule has 0 fully saturated rings. The second kappa shape index (κ2) is 8.01. The fourth-order valence-electron chi connectivity index (χ4n) is 3.40. The zero-order valence-electron chi connectivity index (χ0n) is 16.2. The van der Waals surface area contributed by atoms with Crippen molar-refractivity contribution in [3.63, 3.8) is 0 Å². The van der Waals surface area contributed by atoms with Gasteiger partial charge in [-0.05, 0) is 37.3 Å². The summed E-state index contributed by atoms with van der Waals surface area (Å²) < 4.78 is 6.68. The van der Waals surface area contributed by atoms with E-state index < -0.39 is 6.04 Å². The maximum absolute atomic E-state index is 12.6. The molecule has 0 unspecified atom stereocenters. The second-order valence-electron chi connectivity index (χ2n) is 6.88. The van der Waals surface area contributed by atoms with Crippen LogP contribution in [0.15, 0.2) is 42.5 Å². The van der Waals surface area contributed by atoms with Gasteiger partial charge in [-0.1, -0.05) is 35.3 Å². The summed E-state index contributed by atoms with van der Waals surface area (Å²) in [6.07, 6.45) is -0.0658. The number of carbonyl (C=O) groups is 2. The molecule has 1 atom stereocenters. The van der Waals surface area contributed by atoms with Crippen LogP contribution in [0.2, 0.25) is 10.0 Å². The Bertz CT molecular complexity index is 1140. The molecular formula is C21H18Cl2N4O3. The molecule has 9 heteroatoms. The minimum Gasteiger partial charge on any atom is -0.495 e. The number of carbonyl (C=O) groups excluding carboxylic acids is 2. The minimum atomic E-state index is -0.742. The summed E-state index contributed by atoms with van der Waals surface area (Å²) in [4.78, 5) is 25.0. The van der Waals surface area contributed by atoms with Crippen molar-refractivity contribution in [1.29, 1.82) is 0 Å². The predicted molar refractivity (Wildman–Crippen MR) is 116 cm³/mol. The molecule has 2 amide bonds. The molecule has 0 radical (unpaired) electrons. The summed E-state index contributed by atoms with van der Waals surface area (Å²) in [5.74, 6) is 0.503. The molecule has 2 aromatic carbocycles. The Morgan fingerprint density at radius 3 is 2.63 bits per heavy atom. The highest BCUT2D eigenvalue weighted by Crippen LogP contribution is 2.36. The van der Waals surface area contributed by atoms with Crippen molar-refractivity contribution in [2.75, 3.05) is 17.7 Å². The highest BCUT2D eigenvalue weighted by Gasteiger charge is 2.35. The van der Waals surface area contributed by atoms with E-state index in [2.05, 4.69) is 15.7 Å². The molecule has 3 aromatic rings. The van der Waals surface area contributed by atoms with Gasteiger partial charge in [-0.25, -0.2) is 4.68 Å². The number of ether oxygens (including phenoxy) is 1. The first-order valence-corrected chi connectivity index (χ1v) is 9.92. The summed E-state index contributed by atoms with van der Waals surface area (Å²) in [7, 11) is 1.51. The third-order valence-electron chi connectivity index (χ3n) is 4.92. The van der Waals surface area contributed by atoms with E-state index in [0.29, 0.717) is 27.3 Å². The van der Waals surface area contributed by atoms with Gasteiger partial charge in [0.05, 0.1) is 24.2 Å². The number of anilines is 2. The number of hydrogen-bond donors (Lipinski definition) is 2. The van der Waals surface area contributed by atoms with Gasteiger partial charge in [-0.2, -0.15) is 5.10 Å². The Balaban J connectivity index is 1.54. The van der Waals surface area contributed by atoms with Crippen LogP contribution in [0, 0.1) is 6.92 Å². The fourth-order valence-corrected chi connectivity index (χ4v) is 3.78. The maximum atomic E-state index is 12.6. The van der Waals surface area contributed by atoms with Gasteiger partial charge in [-0.15, -0.1) is 0 Å². The number of halogens is 2.